The van der Waals surface area contributed by atoms with Gasteiger partial charge in [0.05, 0.1) is 12.9 Å². The van der Waals surface area contributed by atoms with E-state index in [9.17, 15) is 4.79 Å². The van der Waals surface area contributed by atoms with Crippen LogP contribution in [0.15, 0.2) is 58.2 Å². The fraction of sp³-hybridized carbons (Fsp3) is 0.227. The number of thioether (sulfide) groups is 1. The molecule has 4 aromatic rings. The Bertz CT molecular complexity index is 1220. The van der Waals surface area contributed by atoms with Crippen LogP contribution in [0.3, 0.4) is 0 Å². The van der Waals surface area contributed by atoms with Gasteiger partial charge in [0.1, 0.15) is 5.75 Å². The van der Waals surface area contributed by atoms with E-state index in [0.717, 1.165) is 22.6 Å². The SMILES string of the molecule is CCn1c(SCC(=O)Nc2ccccc2C)nnc1-c1nc(-c2ccc(OC)cc2)no1. The highest BCUT2D eigenvalue weighted by Crippen LogP contribution is 2.26. The molecule has 0 aliphatic carbocycles. The number of anilines is 1. The van der Waals surface area contributed by atoms with E-state index in [-0.39, 0.29) is 17.6 Å². The summed E-state index contributed by atoms with van der Waals surface area (Å²) < 4.78 is 12.5. The van der Waals surface area contributed by atoms with E-state index >= 15 is 0 Å². The van der Waals surface area contributed by atoms with Crippen molar-refractivity contribution in [3.8, 4) is 28.9 Å². The van der Waals surface area contributed by atoms with Gasteiger partial charge in [0, 0.05) is 17.8 Å². The molecule has 0 spiro atoms. The molecule has 164 valence electrons. The normalized spacial score (nSPS) is 10.8. The first-order chi connectivity index (χ1) is 15.6. The third-order valence-corrected chi connectivity index (χ3v) is 5.72. The van der Waals surface area contributed by atoms with Gasteiger partial charge in [0.15, 0.2) is 5.16 Å². The molecule has 0 aliphatic rings. The molecule has 2 aromatic heterocycles. The predicted octanol–water partition coefficient (Wildman–Crippen LogP) is 4.06. The number of aromatic nitrogens is 5. The Hall–Kier alpha value is -3.66. The molecule has 1 N–H and O–H groups in total. The lowest BCUT2D eigenvalue weighted by atomic mass is 10.2. The second-order valence-electron chi connectivity index (χ2n) is 6.85. The van der Waals surface area contributed by atoms with Gasteiger partial charge in [-0.1, -0.05) is 35.1 Å². The molecule has 0 saturated carbocycles. The van der Waals surface area contributed by atoms with Crippen molar-refractivity contribution in [1.29, 1.82) is 0 Å². The second-order valence-corrected chi connectivity index (χ2v) is 7.80. The van der Waals surface area contributed by atoms with Crippen LogP contribution in [0.5, 0.6) is 5.75 Å². The molecule has 0 fully saturated rings. The fourth-order valence-electron chi connectivity index (χ4n) is 3.04. The van der Waals surface area contributed by atoms with Crippen molar-refractivity contribution < 1.29 is 14.1 Å². The second kappa shape index (κ2) is 9.65. The third kappa shape index (κ3) is 4.65. The topological polar surface area (TPSA) is 108 Å². The van der Waals surface area contributed by atoms with Crippen LogP contribution in [0.1, 0.15) is 12.5 Å². The summed E-state index contributed by atoms with van der Waals surface area (Å²) in [5, 5.41) is 16.0. The van der Waals surface area contributed by atoms with E-state index in [4.69, 9.17) is 9.26 Å². The largest absolute Gasteiger partial charge is 0.497 e. The molecule has 0 unspecified atom stereocenters. The van der Waals surface area contributed by atoms with Crippen molar-refractivity contribution in [2.45, 2.75) is 25.5 Å². The van der Waals surface area contributed by atoms with Crippen LogP contribution in [-0.2, 0) is 11.3 Å². The van der Waals surface area contributed by atoms with Crippen molar-refractivity contribution in [1.82, 2.24) is 24.9 Å². The molecule has 0 atom stereocenters. The van der Waals surface area contributed by atoms with Gasteiger partial charge in [-0.15, -0.1) is 10.2 Å². The van der Waals surface area contributed by atoms with Crippen molar-refractivity contribution in [2.24, 2.45) is 0 Å². The minimum atomic E-state index is -0.115. The maximum atomic E-state index is 12.4. The van der Waals surface area contributed by atoms with Gasteiger partial charge in [0.25, 0.3) is 5.89 Å². The van der Waals surface area contributed by atoms with E-state index in [2.05, 4.69) is 25.7 Å². The Balaban J connectivity index is 1.46. The minimum Gasteiger partial charge on any atom is -0.497 e. The lowest BCUT2D eigenvalue weighted by Crippen LogP contribution is -2.15. The molecule has 32 heavy (non-hydrogen) atoms. The van der Waals surface area contributed by atoms with Gasteiger partial charge in [-0.2, -0.15) is 4.98 Å². The standard InChI is InChI=1S/C22H22N6O3S/c1-4-28-20(21-24-19(27-31-21)15-9-11-16(30-3)12-10-15)25-26-22(28)32-13-18(29)23-17-8-6-5-7-14(17)2/h5-12H,4,13H2,1-3H3,(H,23,29). The van der Waals surface area contributed by atoms with Gasteiger partial charge in [-0.25, -0.2) is 0 Å². The number of carbonyl (C=O) groups excluding carboxylic acids is 1. The van der Waals surface area contributed by atoms with Crippen LogP contribution in [0.25, 0.3) is 23.1 Å². The Morgan fingerprint density at radius 3 is 2.66 bits per heavy atom. The van der Waals surface area contributed by atoms with Crippen LogP contribution < -0.4 is 10.1 Å². The summed E-state index contributed by atoms with van der Waals surface area (Å²) in [6.07, 6.45) is 0. The summed E-state index contributed by atoms with van der Waals surface area (Å²) in [6, 6.07) is 15.0. The number of aryl methyl sites for hydroxylation is 1. The van der Waals surface area contributed by atoms with Crippen LogP contribution in [0.2, 0.25) is 0 Å². The number of hydrogen-bond acceptors (Lipinski definition) is 8. The van der Waals surface area contributed by atoms with Gasteiger partial charge in [0.2, 0.25) is 17.6 Å². The number of amides is 1. The van der Waals surface area contributed by atoms with Crippen LogP contribution >= 0.6 is 11.8 Å². The first-order valence-corrected chi connectivity index (χ1v) is 11.0. The summed E-state index contributed by atoms with van der Waals surface area (Å²) in [5.74, 6) is 2.00. The third-order valence-electron chi connectivity index (χ3n) is 4.75. The highest BCUT2D eigenvalue weighted by atomic mass is 32.2. The monoisotopic (exact) mass is 450 g/mol. The van der Waals surface area contributed by atoms with Crippen LogP contribution in [0, 0.1) is 6.92 Å². The fourth-order valence-corrected chi connectivity index (χ4v) is 3.84. The lowest BCUT2D eigenvalue weighted by Gasteiger charge is -2.08. The number of benzene rings is 2. The molecule has 2 aromatic carbocycles. The zero-order valence-electron chi connectivity index (χ0n) is 17.9. The first-order valence-electron chi connectivity index (χ1n) is 9.99. The van der Waals surface area contributed by atoms with Crippen molar-refractivity contribution >= 4 is 23.4 Å². The van der Waals surface area contributed by atoms with E-state index in [1.165, 1.54) is 11.8 Å². The van der Waals surface area contributed by atoms with Gasteiger partial charge in [-0.3, -0.25) is 9.36 Å². The summed E-state index contributed by atoms with van der Waals surface area (Å²) in [6.45, 7) is 4.50. The van der Waals surface area contributed by atoms with Crippen molar-refractivity contribution in [3.63, 3.8) is 0 Å². The molecule has 0 aliphatic heterocycles. The smallest absolute Gasteiger partial charge is 0.296 e. The number of hydrogen-bond donors (Lipinski definition) is 1. The van der Waals surface area contributed by atoms with E-state index < -0.39 is 0 Å². The van der Waals surface area contributed by atoms with Crippen LogP contribution in [0.4, 0.5) is 5.69 Å². The first kappa shape index (κ1) is 21.6. The molecular weight excluding hydrogens is 428 g/mol. The molecule has 1 amide bonds. The number of nitrogens with one attached hydrogen (secondary N) is 1. The number of rotatable bonds is 8. The summed E-state index contributed by atoms with van der Waals surface area (Å²) in [5.41, 5.74) is 2.60. The number of para-hydroxylation sites is 1. The maximum Gasteiger partial charge on any atom is 0.296 e. The highest BCUT2D eigenvalue weighted by molar-refractivity contribution is 7.99. The van der Waals surface area contributed by atoms with Crippen molar-refractivity contribution in [2.75, 3.05) is 18.2 Å². The lowest BCUT2D eigenvalue weighted by molar-refractivity contribution is -0.113. The van der Waals surface area contributed by atoms with E-state index in [1.807, 2.05) is 66.9 Å². The van der Waals surface area contributed by atoms with Crippen molar-refractivity contribution in [3.05, 3.63) is 54.1 Å². The Kier molecular flexibility index (Phi) is 6.50. The quantitative estimate of drug-likeness (QED) is 0.400. The molecule has 0 saturated heterocycles. The molecule has 10 heteroatoms. The summed E-state index contributed by atoms with van der Waals surface area (Å²) in [7, 11) is 1.61. The molecule has 0 bridgehead atoms. The Labute approximate surface area is 189 Å². The van der Waals surface area contributed by atoms with Gasteiger partial charge < -0.3 is 14.6 Å². The molecule has 4 rings (SSSR count). The molecule has 0 radical (unpaired) electrons. The zero-order valence-corrected chi connectivity index (χ0v) is 18.7. The summed E-state index contributed by atoms with van der Waals surface area (Å²) >= 11 is 1.30. The van der Waals surface area contributed by atoms with Gasteiger partial charge in [-0.05, 0) is 49.7 Å². The van der Waals surface area contributed by atoms with E-state index in [1.54, 1.807) is 7.11 Å². The van der Waals surface area contributed by atoms with E-state index in [0.29, 0.717) is 23.4 Å². The maximum absolute atomic E-state index is 12.4. The number of ether oxygens (including phenoxy) is 1. The Morgan fingerprint density at radius 1 is 1.16 bits per heavy atom. The number of nitrogens with zero attached hydrogens (tertiary/aromatic N) is 5. The highest BCUT2D eigenvalue weighted by Gasteiger charge is 2.20. The van der Waals surface area contributed by atoms with Crippen LogP contribution in [-0.4, -0.2) is 43.7 Å². The minimum absolute atomic E-state index is 0.115. The number of carbonyl (C=O) groups is 1. The molecule has 2 heterocycles. The summed E-state index contributed by atoms with van der Waals surface area (Å²) in [4.78, 5) is 16.8. The Morgan fingerprint density at radius 2 is 1.94 bits per heavy atom. The average molecular weight is 451 g/mol. The van der Waals surface area contributed by atoms with Gasteiger partial charge >= 0.3 is 0 Å². The predicted molar refractivity (Wildman–Crippen MR) is 122 cm³/mol. The number of methoxy groups -OCH3 is 1. The zero-order chi connectivity index (χ0) is 22.5. The molecule has 9 nitrogen and oxygen atoms in total. The average Bonchev–Trinajstić information content (AvgIpc) is 3.46. The molecular formula is C22H22N6O3S.